The van der Waals surface area contributed by atoms with Gasteiger partial charge >= 0.3 is 5.88 Å². The molecule has 1 aromatic heterocycles. The van der Waals surface area contributed by atoms with E-state index < -0.39 is 10.5 Å². The van der Waals surface area contributed by atoms with Crippen LogP contribution in [0, 0.1) is 10.1 Å². The molecule has 20 heavy (non-hydrogen) atoms. The molecule has 0 aliphatic heterocycles. The minimum Gasteiger partial charge on any atom is -0.404 e. The third kappa shape index (κ3) is 3.04. The molecule has 1 aromatic carbocycles. The number of furan rings is 1. The Kier molecular flexibility index (Phi) is 4.16. The van der Waals surface area contributed by atoms with Gasteiger partial charge in [-0.2, -0.15) is 0 Å². The normalized spacial score (nSPS) is 13.9. The summed E-state index contributed by atoms with van der Waals surface area (Å²) in [7, 11) is 0. The monoisotopic (exact) mass is 276 g/mol. The van der Waals surface area contributed by atoms with Crippen molar-refractivity contribution in [3.63, 3.8) is 0 Å². The molecule has 1 unspecified atom stereocenters. The lowest BCUT2D eigenvalue weighted by Crippen LogP contribution is -2.42. The standard InChI is InChI=1S/C14H16N2O4/c1-14(10-17,11-5-3-2-4-6-11)15-9-12-7-8-13(20-12)16(18)19/h2-8,15,17H,9-10H2,1H3. The van der Waals surface area contributed by atoms with E-state index in [9.17, 15) is 15.2 Å². The molecule has 0 aliphatic carbocycles. The zero-order valence-electron chi connectivity index (χ0n) is 11.1. The highest BCUT2D eigenvalue weighted by molar-refractivity contribution is 5.24. The van der Waals surface area contributed by atoms with E-state index in [2.05, 4.69) is 5.32 Å². The lowest BCUT2D eigenvalue weighted by Gasteiger charge is -2.29. The van der Waals surface area contributed by atoms with E-state index in [0.29, 0.717) is 12.3 Å². The fourth-order valence-electron chi connectivity index (χ4n) is 1.90. The molecule has 0 aliphatic rings. The summed E-state index contributed by atoms with van der Waals surface area (Å²) in [5.41, 5.74) is 0.298. The number of nitro groups is 1. The number of aliphatic hydroxyl groups excluding tert-OH is 1. The second kappa shape index (κ2) is 5.85. The zero-order valence-corrected chi connectivity index (χ0v) is 11.1. The Morgan fingerprint density at radius 1 is 1.30 bits per heavy atom. The molecule has 1 atom stereocenters. The maximum Gasteiger partial charge on any atom is 0.433 e. The number of rotatable bonds is 6. The topological polar surface area (TPSA) is 88.5 Å². The van der Waals surface area contributed by atoms with Crippen LogP contribution in [0.25, 0.3) is 0 Å². The molecular formula is C14H16N2O4. The minimum absolute atomic E-state index is 0.0974. The summed E-state index contributed by atoms with van der Waals surface area (Å²) < 4.78 is 5.08. The van der Waals surface area contributed by atoms with Crippen molar-refractivity contribution in [3.05, 3.63) is 63.9 Å². The van der Waals surface area contributed by atoms with Crippen LogP contribution in [-0.4, -0.2) is 16.6 Å². The fourth-order valence-corrected chi connectivity index (χ4v) is 1.90. The van der Waals surface area contributed by atoms with Crippen LogP contribution >= 0.6 is 0 Å². The highest BCUT2D eigenvalue weighted by Crippen LogP contribution is 2.22. The molecule has 2 N–H and O–H groups in total. The molecule has 2 aromatic rings. The predicted molar refractivity (Wildman–Crippen MR) is 73.1 cm³/mol. The second-order valence-electron chi connectivity index (χ2n) is 4.71. The van der Waals surface area contributed by atoms with Gasteiger partial charge in [0.15, 0.2) is 0 Å². The van der Waals surface area contributed by atoms with Gasteiger partial charge < -0.3 is 9.52 Å². The average molecular weight is 276 g/mol. The van der Waals surface area contributed by atoms with E-state index in [1.54, 1.807) is 6.07 Å². The third-order valence-corrected chi connectivity index (χ3v) is 3.21. The van der Waals surface area contributed by atoms with Crippen molar-refractivity contribution in [2.45, 2.75) is 19.0 Å². The van der Waals surface area contributed by atoms with Gasteiger partial charge in [-0.1, -0.05) is 30.3 Å². The minimum atomic E-state index is -0.636. The molecule has 0 saturated carbocycles. The van der Waals surface area contributed by atoms with Crippen LogP contribution in [0.3, 0.4) is 0 Å². The van der Waals surface area contributed by atoms with Gasteiger partial charge in [0.2, 0.25) is 0 Å². The fraction of sp³-hybridized carbons (Fsp3) is 0.286. The predicted octanol–water partition coefficient (Wildman–Crippen LogP) is 2.19. The van der Waals surface area contributed by atoms with Gasteiger partial charge in [0, 0.05) is 0 Å². The first-order valence-electron chi connectivity index (χ1n) is 6.20. The van der Waals surface area contributed by atoms with Crippen LogP contribution in [-0.2, 0) is 12.1 Å². The van der Waals surface area contributed by atoms with Gasteiger partial charge in [-0.3, -0.25) is 15.4 Å². The van der Waals surface area contributed by atoms with Crippen LogP contribution in [0.1, 0.15) is 18.2 Å². The molecule has 0 fully saturated rings. The Morgan fingerprint density at radius 2 is 2.00 bits per heavy atom. The van der Waals surface area contributed by atoms with Gasteiger partial charge in [-0.15, -0.1) is 0 Å². The van der Waals surface area contributed by atoms with Crippen molar-refractivity contribution in [3.8, 4) is 0 Å². The van der Waals surface area contributed by atoms with Gasteiger partial charge in [0.1, 0.15) is 10.7 Å². The number of hydrogen-bond acceptors (Lipinski definition) is 5. The van der Waals surface area contributed by atoms with E-state index in [1.807, 2.05) is 37.3 Å². The Bertz CT molecular complexity index is 582. The van der Waals surface area contributed by atoms with E-state index >= 15 is 0 Å². The van der Waals surface area contributed by atoms with E-state index in [0.717, 1.165) is 5.56 Å². The Balaban J connectivity index is 2.08. The zero-order chi connectivity index (χ0) is 14.6. The van der Waals surface area contributed by atoms with Crippen molar-refractivity contribution in [2.24, 2.45) is 0 Å². The molecule has 6 heteroatoms. The summed E-state index contributed by atoms with van der Waals surface area (Å²) in [5.74, 6) is 0.166. The molecule has 0 spiro atoms. The van der Waals surface area contributed by atoms with Crippen LogP contribution in [0.4, 0.5) is 5.88 Å². The largest absolute Gasteiger partial charge is 0.433 e. The van der Waals surface area contributed by atoms with Crippen LogP contribution in [0.2, 0.25) is 0 Å². The second-order valence-corrected chi connectivity index (χ2v) is 4.71. The summed E-state index contributed by atoms with van der Waals surface area (Å²) in [5, 5.41) is 23.3. The molecule has 0 saturated heterocycles. The van der Waals surface area contributed by atoms with Gasteiger partial charge in [0.05, 0.1) is 24.8 Å². The number of aliphatic hydroxyl groups is 1. The van der Waals surface area contributed by atoms with E-state index in [-0.39, 0.29) is 12.5 Å². The summed E-state index contributed by atoms with van der Waals surface area (Å²) in [6.45, 7) is 2.05. The SMILES string of the molecule is CC(CO)(NCc1ccc([N+](=O)[O-])o1)c1ccccc1. The van der Waals surface area contributed by atoms with Crippen molar-refractivity contribution in [1.29, 1.82) is 0 Å². The Hall–Kier alpha value is -2.18. The molecule has 1 heterocycles. The third-order valence-electron chi connectivity index (χ3n) is 3.21. The Morgan fingerprint density at radius 3 is 2.55 bits per heavy atom. The maximum atomic E-state index is 10.5. The molecular weight excluding hydrogens is 260 g/mol. The van der Waals surface area contributed by atoms with Gasteiger partial charge in [-0.25, -0.2) is 0 Å². The lowest BCUT2D eigenvalue weighted by atomic mass is 9.93. The number of hydrogen-bond donors (Lipinski definition) is 2. The molecule has 106 valence electrons. The molecule has 0 amide bonds. The lowest BCUT2D eigenvalue weighted by molar-refractivity contribution is -0.402. The highest BCUT2D eigenvalue weighted by atomic mass is 16.6. The molecule has 0 bridgehead atoms. The van der Waals surface area contributed by atoms with Crippen LogP contribution in [0.5, 0.6) is 0 Å². The van der Waals surface area contributed by atoms with Gasteiger partial charge in [0.25, 0.3) is 0 Å². The van der Waals surface area contributed by atoms with Crippen LogP contribution in [0.15, 0.2) is 46.9 Å². The maximum absolute atomic E-state index is 10.5. The first-order valence-corrected chi connectivity index (χ1v) is 6.20. The summed E-state index contributed by atoms with van der Waals surface area (Å²) >= 11 is 0. The van der Waals surface area contributed by atoms with Crippen molar-refractivity contribution >= 4 is 5.88 Å². The van der Waals surface area contributed by atoms with Crippen molar-refractivity contribution in [1.82, 2.24) is 5.32 Å². The molecule has 6 nitrogen and oxygen atoms in total. The average Bonchev–Trinajstić information content (AvgIpc) is 2.95. The summed E-state index contributed by atoms with van der Waals surface area (Å²) in [6, 6.07) is 12.4. The summed E-state index contributed by atoms with van der Waals surface area (Å²) in [4.78, 5) is 9.97. The quantitative estimate of drug-likeness (QED) is 0.623. The first kappa shape index (κ1) is 14.2. The first-order chi connectivity index (χ1) is 9.55. The van der Waals surface area contributed by atoms with Crippen LogP contribution < -0.4 is 5.32 Å². The van der Waals surface area contributed by atoms with Crippen molar-refractivity contribution in [2.75, 3.05) is 6.61 Å². The van der Waals surface area contributed by atoms with Crippen molar-refractivity contribution < 1.29 is 14.4 Å². The van der Waals surface area contributed by atoms with Gasteiger partial charge in [-0.05, 0) is 18.6 Å². The molecule has 0 radical (unpaired) electrons. The number of benzene rings is 1. The number of nitrogens with zero attached hydrogens (tertiary/aromatic N) is 1. The highest BCUT2D eigenvalue weighted by Gasteiger charge is 2.25. The van der Waals surface area contributed by atoms with E-state index in [1.165, 1.54) is 6.07 Å². The smallest absolute Gasteiger partial charge is 0.404 e. The van der Waals surface area contributed by atoms with E-state index in [4.69, 9.17) is 4.42 Å². The molecule has 2 rings (SSSR count). The Labute approximate surface area is 116 Å². The number of nitrogens with one attached hydrogen (secondary N) is 1. The summed E-state index contributed by atoms with van der Waals surface area (Å²) in [6.07, 6.45) is 0.